The Morgan fingerprint density at radius 3 is 2.71 bits per heavy atom. The van der Waals surface area contributed by atoms with E-state index in [1.54, 1.807) is 24.3 Å². The number of amides is 2. The van der Waals surface area contributed by atoms with Gasteiger partial charge in [-0.3, -0.25) is 19.4 Å². The van der Waals surface area contributed by atoms with Crippen molar-refractivity contribution in [3.63, 3.8) is 0 Å². The van der Waals surface area contributed by atoms with Gasteiger partial charge in [-0.15, -0.1) is 0 Å². The monoisotopic (exact) mass is 479 g/mol. The molecule has 0 bridgehead atoms. The maximum Gasteiger partial charge on any atom is 0.338 e. The van der Waals surface area contributed by atoms with Gasteiger partial charge in [0.1, 0.15) is 0 Å². The quantitative estimate of drug-likeness (QED) is 0.452. The Morgan fingerprint density at radius 2 is 2.00 bits per heavy atom. The Hall–Kier alpha value is -3.82. The fourth-order valence-electron chi connectivity index (χ4n) is 4.21. The number of nitrogens with zero attached hydrogens (tertiary/aromatic N) is 3. The molecule has 0 radical (unpaired) electrons. The molecule has 1 aromatic heterocycles. The van der Waals surface area contributed by atoms with E-state index in [2.05, 4.69) is 27.2 Å². The highest BCUT2D eigenvalue weighted by atomic mass is 16.5. The smallest absolute Gasteiger partial charge is 0.338 e. The molecule has 1 aromatic carbocycles. The number of aromatic amines is 1. The number of fused-ring (bicyclic) bond motifs is 1. The van der Waals surface area contributed by atoms with Gasteiger partial charge in [0.2, 0.25) is 5.95 Å². The highest BCUT2D eigenvalue weighted by molar-refractivity contribution is 6.23. The van der Waals surface area contributed by atoms with Crippen molar-refractivity contribution in [2.45, 2.75) is 46.0 Å². The number of carbonyl (C=O) groups excluding carboxylic acids is 3. The molecule has 2 aromatic rings. The van der Waals surface area contributed by atoms with Crippen LogP contribution in [0, 0.1) is 5.92 Å². The predicted molar refractivity (Wildman–Crippen MR) is 130 cm³/mol. The van der Waals surface area contributed by atoms with Gasteiger partial charge in [0.05, 0.1) is 23.8 Å². The summed E-state index contributed by atoms with van der Waals surface area (Å²) in [5.74, 6) is -0.750. The molecule has 2 amide bonds. The SMILES string of the molecule is CCCCOC(=O)c1ccc(NC(=O)C2=c3c(nc(N4CCCC(C)C4)[nH]c3=O)=NC(=O)C2)cc1. The molecule has 1 fully saturated rings. The first kappa shape index (κ1) is 24.3. The van der Waals surface area contributed by atoms with Crippen molar-refractivity contribution in [3.05, 3.63) is 50.9 Å². The minimum absolute atomic E-state index is 0.00651. The molecule has 3 heterocycles. The summed E-state index contributed by atoms with van der Waals surface area (Å²) >= 11 is 0. The Balaban J connectivity index is 1.58. The molecule has 0 aliphatic carbocycles. The minimum atomic E-state index is -0.598. The molecule has 4 rings (SSSR count). The van der Waals surface area contributed by atoms with Gasteiger partial charge in [0.15, 0.2) is 5.49 Å². The second kappa shape index (κ2) is 10.6. The predicted octanol–water partition coefficient (Wildman–Crippen LogP) is 1.30. The van der Waals surface area contributed by atoms with Crippen LogP contribution < -0.4 is 26.5 Å². The molecule has 2 aliphatic heterocycles. The summed E-state index contributed by atoms with van der Waals surface area (Å²) in [5.41, 5.74) is 0.245. The highest BCUT2D eigenvalue weighted by Crippen LogP contribution is 2.18. The van der Waals surface area contributed by atoms with Crippen molar-refractivity contribution in [1.29, 1.82) is 0 Å². The second-order valence-corrected chi connectivity index (χ2v) is 8.96. The molecule has 1 unspecified atom stereocenters. The normalized spacial score (nSPS) is 17.4. The van der Waals surface area contributed by atoms with Gasteiger partial charge in [-0.1, -0.05) is 20.3 Å². The third-order valence-electron chi connectivity index (χ3n) is 6.09. The molecule has 10 heteroatoms. The van der Waals surface area contributed by atoms with E-state index in [9.17, 15) is 19.2 Å². The summed E-state index contributed by atoms with van der Waals surface area (Å²) in [6.45, 7) is 5.99. The van der Waals surface area contributed by atoms with E-state index in [0.29, 0.717) is 29.7 Å². The van der Waals surface area contributed by atoms with Crippen molar-refractivity contribution in [1.82, 2.24) is 9.97 Å². The topological polar surface area (TPSA) is 134 Å². The lowest BCUT2D eigenvalue weighted by Crippen LogP contribution is -2.51. The van der Waals surface area contributed by atoms with Gasteiger partial charge in [-0.2, -0.15) is 9.98 Å². The molecule has 35 heavy (non-hydrogen) atoms. The number of esters is 1. The van der Waals surface area contributed by atoms with Crippen LogP contribution in [0.4, 0.5) is 11.6 Å². The average molecular weight is 480 g/mol. The van der Waals surface area contributed by atoms with Crippen LogP contribution in [0.1, 0.15) is 56.3 Å². The van der Waals surface area contributed by atoms with E-state index in [4.69, 9.17) is 4.74 Å². The Kier molecular flexibility index (Phi) is 7.38. The molecule has 2 aliphatic rings. The third-order valence-corrected chi connectivity index (χ3v) is 6.09. The highest BCUT2D eigenvalue weighted by Gasteiger charge is 2.24. The Labute approximate surface area is 202 Å². The molecule has 10 nitrogen and oxygen atoms in total. The van der Waals surface area contributed by atoms with Crippen molar-refractivity contribution in [2.75, 3.05) is 29.9 Å². The molecular formula is C25H29N5O5. The zero-order valence-corrected chi connectivity index (χ0v) is 19.9. The van der Waals surface area contributed by atoms with Gasteiger partial charge in [-0.05, 0) is 49.4 Å². The number of piperidine rings is 1. The number of H-pyrrole nitrogens is 1. The molecule has 1 atom stereocenters. The van der Waals surface area contributed by atoms with Crippen LogP contribution in [0.15, 0.2) is 34.1 Å². The van der Waals surface area contributed by atoms with Crippen LogP contribution in [0.25, 0.3) is 5.57 Å². The fourth-order valence-corrected chi connectivity index (χ4v) is 4.21. The lowest BCUT2D eigenvalue weighted by Gasteiger charge is -2.31. The van der Waals surface area contributed by atoms with E-state index < -0.39 is 23.3 Å². The molecule has 0 spiro atoms. The largest absolute Gasteiger partial charge is 0.462 e. The van der Waals surface area contributed by atoms with Gasteiger partial charge in [0.25, 0.3) is 17.4 Å². The minimum Gasteiger partial charge on any atom is -0.462 e. The van der Waals surface area contributed by atoms with Gasteiger partial charge in [-0.25, -0.2) is 4.79 Å². The fraction of sp³-hybridized carbons (Fsp3) is 0.440. The number of hydrogen-bond donors (Lipinski definition) is 2. The number of aromatic nitrogens is 2. The number of unbranched alkanes of at least 4 members (excludes halogenated alkanes) is 1. The van der Waals surface area contributed by atoms with Crippen LogP contribution in [-0.4, -0.2) is 47.4 Å². The second-order valence-electron chi connectivity index (χ2n) is 8.96. The number of rotatable bonds is 7. The van der Waals surface area contributed by atoms with Crippen molar-refractivity contribution >= 4 is 35.0 Å². The molecule has 184 valence electrons. The van der Waals surface area contributed by atoms with Crippen LogP contribution in [-0.2, 0) is 14.3 Å². The van der Waals surface area contributed by atoms with Gasteiger partial charge in [0, 0.05) is 24.4 Å². The van der Waals surface area contributed by atoms with E-state index >= 15 is 0 Å². The summed E-state index contributed by atoms with van der Waals surface area (Å²) in [7, 11) is 0. The first-order valence-electron chi connectivity index (χ1n) is 11.9. The lowest BCUT2D eigenvalue weighted by molar-refractivity contribution is -0.118. The summed E-state index contributed by atoms with van der Waals surface area (Å²) in [6.07, 6.45) is 3.50. The Morgan fingerprint density at radius 1 is 1.23 bits per heavy atom. The van der Waals surface area contributed by atoms with E-state index in [1.165, 1.54) is 0 Å². The first-order valence-corrected chi connectivity index (χ1v) is 11.9. The maximum absolute atomic E-state index is 13.0. The van der Waals surface area contributed by atoms with Crippen LogP contribution in [0.5, 0.6) is 0 Å². The third kappa shape index (κ3) is 5.64. The Bertz CT molecular complexity index is 1320. The van der Waals surface area contributed by atoms with Crippen molar-refractivity contribution in [3.8, 4) is 0 Å². The van der Waals surface area contributed by atoms with Gasteiger partial charge >= 0.3 is 5.97 Å². The van der Waals surface area contributed by atoms with E-state index in [1.807, 2.05) is 11.8 Å². The summed E-state index contributed by atoms with van der Waals surface area (Å²) < 4.78 is 5.18. The zero-order valence-electron chi connectivity index (χ0n) is 19.9. The average Bonchev–Trinajstić information content (AvgIpc) is 2.83. The van der Waals surface area contributed by atoms with Gasteiger partial charge < -0.3 is 15.0 Å². The van der Waals surface area contributed by atoms with Crippen LogP contribution in [0.3, 0.4) is 0 Å². The summed E-state index contributed by atoms with van der Waals surface area (Å²) in [5, 5.41) is 2.70. The summed E-state index contributed by atoms with van der Waals surface area (Å²) in [6, 6.07) is 6.22. The lowest BCUT2D eigenvalue weighted by atomic mass is 10.0. The van der Waals surface area contributed by atoms with E-state index in [-0.39, 0.29) is 22.7 Å². The number of benzene rings is 1. The number of hydrogen-bond acceptors (Lipinski definition) is 7. The zero-order chi connectivity index (χ0) is 24.9. The van der Waals surface area contributed by atoms with Crippen LogP contribution >= 0.6 is 0 Å². The number of nitrogens with one attached hydrogen (secondary N) is 2. The van der Waals surface area contributed by atoms with Crippen molar-refractivity contribution < 1.29 is 19.1 Å². The van der Waals surface area contributed by atoms with E-state index in [0.717, 1.165) is 38.8 Å². The number of carbonyl (C=O) groups is 3. The molecule has 0 saturated carbocycles. The number of ether oxygens (including phenoxy) is 1. The first-order chi connectivity index (χ1) is 16.9. The number of anilines is 2. The molecular weight excluding hydrogens is 450 g/mol. The summed E-state index contributed by atoms with van der Waals surface area (Å²) in [4.78, 5) is 63.4. The molecule has 1 saturated heterocycles. The van der Waals surface area contributed by atoms with Crippen molar-refractivity contribution in [2.24, 2.45) is 10.9 Å². The molecule has 2 N–H and O–H groups in total. The standard InChI is InChI=1S/C25H29N5O5/c1-3-4-12-35-24(34)16-7-9-17(10-8-16)26-22(32)18-13-19(31)27-21-20(18)23(33)29-25(28-21)30-11-5-6-15(2)14-30/h7-10,15H,3-6,11-14H2,1-2H3,(H,26,32)(H,27,28,29,31,33). The maximum atomic E-state index is 13.0. The van der Waals surface area contributed by atoms with Crippen LogP contribution in [0.2, 0.25) is 0 Å².